The molecular weight excluding hydrogens is 348 g/mol. The lowest BCUT2D eigenvalue weighted by molar-refractivity contribution is -0.141. The average Bonchev–Trinajstić information content (AvgIpc) is 3.08. The van der Waals surface area contributed by atoms with E-state index in [0.29, 0.717) is 29.0 Å². The number of aliphatic carboxylic acids is 1. The number of amides is 1. The van der Waals surface area contributed by atoms with Crippen LogP contribution in [0.4, 0.5) is 5.69 Å². The minimum Gasteiger partial charge on any atom is -0.481 e. The van der Waals surface area contributed by atoms with Crippen molar-refractivity contribution < 1.29 is 14.7 Å². The van der Waals surface area contributed by atoms with Crippen LogP contribution in [0.5, 0.6) is 0 Å². The summed E-state index contributed by atoms with van der Waals surface area (Å²) >= 11 is 0. The predicted molar refractivity (Wildman–Crippen MR) is 99.8 cm³/mol. The van der Waals surface area contributed by atoms with Gasteiger partial charge in [0.15, 0.2) is 5.65 Å². The number of benzene rings is 1. The number of carbonyl (C=O) groups excluding carboxylic acids is 1. The number of nitrogens with zero attached hydrogens (tertiary/aromatic N) is 2. The second kappa shape index (κ2) is 7.45. The van der Waals surface area contributed by atoms with Crippen molar-refractivity contribution in [2.45, 2.75) is 26.7 Å². The smallest absolute Gasteiger partial charge is 0.306 e. The highest BCUT2D eigenvalue weighted by Gasteiger charge is 2.15. The van der Waals surface area contributed by atoms with E-state index >= 15 is 0 Å². The minimum atomic E-state index is -0.846. The van der Waals surface area contributed by atoms with Gasteiger partial charge in [-0.3, -0.25) is 19.5 Å². The van der Waals surface area contributed by atoms with Crippen LogP contribution in [0.25, 0.3) is 5.65 Å². The third kappa shape index (κ3) is 4.05. The lowest BCUT2D eigenvalue weighted by Gasteiger charge is -2.09. The molecule has 1 amide bonds. The largest absolute Gasteiger partial charge is 0.481 e. The monoisotopic (exact) mass is 368 g/mol. The molecule has 0 radical (unpaired) electrons. The van der Waals surface area contributed by atoms with Gasteiger partial charge in [-0.05, 0) is 31.0 Å². The number of aryl methyl sites for hydroxylation is 1. The molecule has 0 saturated heterocycles. The Bertz CT molecular complexity index is 1050. The molecule has 0 bridgehead atoms. The second-order valence-corrected chi connectivity index (χ2v) is 6.50. The van der Waals surface area contributed by atoms with Gasteiger partial charge in [0.1, 0.15) is 0 Å². The Labute approximate surface area is 154 Å². The van der Waals surface area contributed by atoms with Gasteiger partial charge in [0.05, 0.1) is 12.3 Å². The molecule has 1 atom stereocenters. The van der Waals surface area contributed by atoms with Crippen molar-refractivity contribution in [2.75, 3.05) is 5.32 Å². The van der Waals surface area contributed by atoms with Gasteiger partial charge in [-0.1, -0.05) is 19.1 Å². The number of fused-ring (bicyclic) bond motifs is 1. The quantitative estimate of drug-likeness (QED) is 0.613. The van der Waals surface area contributed by atoms with Gasteiger partial charge in [-0.2, -0.15) is 0 Å². The number of carbonyl (C=O) groups is 2. The molecule has 2 aromatic heterocycles. The van der Waals surface area contributed by atoms with E-state index in [4.69, 9.17) is 5.11 Å². The molecule has 1 unspecified atom stereocenters. The number of hydrogen-bond donors (Lipinski definition) is 3. The van der Waals surface area contributed by atoms with Crippen molar-refractivity contribution in [3.8, 4) is 0 Å². The zero-order valence-corrected chi connectivity index (χ0v) is 15.0. The molecule has 8 heteroatoms. The van der Waals surface area contributed by atoms with Crippen LogP contribution in [-0.2, 0) is 22.4 Å². The van der Waals surface area contributed by atoms with E-state index in [0.717, 1.165) is 5.56 Å². The van der Waals surface area contributed by atoms with Crippen molar-refractivity contribution in [1.29, 1.82) is 0 Å². The molecule has 0 saturated carbocycles. The molecule has 1 aromatic carbocycles. The van der Waals surface area contributed by atoms with E-state index in [-0.39, 0.29) is 17.9 Å². The van der Waals surface area contributed by atoms with E-state index in [1.54, 1.807) is 50.4 Å². The van der Waals surface area contributed by atoms with Gasteiger partial charge < -0.3 is 10.4 Å². The summed E-state index contributed by atoms with van der Waals surface area (Å²) in [6, 6.07) is 8.68. The number of rotatable bonds is 6. The van der Waals surface area contributed by atoms with E-state index in [9.17, 15) is 14.4 Å². The summed E-state index contributed by atoms with van der Waals surface area (Å²) in [7, 11) is 0. The Balaban J connectivity index is 1.69. The van der Waals surface area contributed by atoms with Crippen molar-refractivity contribution in [1.82, 2.24) is 14.6 Å². The first-order valence-corrected chi connectivity index (χ1v) is 8.52. The van der Waals surface area contributed by atoms with Gasteiger partial charge in [0.25, 0.3) is 5.56 Å². The van der Waals surface area contributed by atoms with Gasteiger partial charge in [-0.25, -0.2) is 9.50 Å². The van der Waals surface area contributed by atoms with E-state index in [1.165, 1.54) is 4.52 Å². The van der Waals surface area contributed by atoms with Crippen LogP contribution in [0.1, 0.15) is 23.7 Å². The van der Waals surface area contributed by atoms with Gasteiger partial charge in [0, 0.05) is 29.2 Å². The predicted octanol–water partition coefficient (Wildman–Crippen LogP) is 1.78. The molecule has 140 valence electrons. The fourth-order valence-electron chi connectivity index (χ4n) is 2.84. The zero-order chi connectivity index (χ0) is 19.6. The molecule has 3 N–H and O–H groups in total. The summed E-state index contributed by atoms with van der Waals surface area (Å²) in [5.74, 6) is -1.64. The van der Waals surface area contributed by atoms with E-state index < -0.39 is 11.9 Å². The summed E-state index contributed by atoms with van der Waals surface area (Å²) in [5.41, 5.74) is 2.52. The summed E-state index contributed by atoms with van der Waals surface area (Å²) in [4.78, 5) is 40.0. The second-order valence-electron chi connectivity index (χ2n) is 6.50. The highest BCUT2D eigenvalue weighted by molar-refractivity contribution is 5.92. The normalized spacial score (nSPS) is 12.1. The Morgan fingerprint density at radius 1 is 1.26 bits per heavy atom. The zero-order valence-electron chi connectivity index (χ0n) is 15.0. The molecule has 3 rings (SSSR count). The van der Waals surface area contributed by atoms with Crippen LogP contribution >= 0.6 is 0 Å². The average molecular weight is 368 g/mol. The van der Waals surface area contributed by atoms with Crippen LogP contribution in [0.2, 0.25) is 0 Å². The molecule has 8 nitrogen and oxygen atoms in total. The first-order chi connectivity index (χ1) is 12.8. The molecule has 0 spiro atoms. The summed E-state index contributed by atoms with van der Waals surface area (Å²) in [6.45, 7) is 3.35. The van der Waals surface area contributed by atoms with Crippen molar-refractivity contribution in [2.24, 2.45) is 5.92 Å². The number of anilines is 1. The Kier molecular flexibility index (Phi) is 5.07. The van der Waals surface area contributed by atoms with Crippen LogP contribution in [0, 0.1) is 12.8 Å². The highest BCUT2D eigenvalue weighted by atomic mass is 16.4. The maximum absolute atomic E-state index is 12.5. The molecule has 0 aliphatic heterocycles. The lowest BCUT2D eigenvalue weighted by atomic mass is 10.0. The number of nitrogens with one attached hydrogen (secondary N) is 2. The number of carboxylic acids is 1. The van der Waals surface area contributed by atoms with Crippen LogP contribution < -0.4 is 10.9 Å². The van der Waals surface area contributed by atoms with Crippen LogP contribution in [-0.4, -0.2) is 31.6 Å². The topological polar surface area (TPSA) is 117 Å². The molecule has 0 aliphatic rings. The highest BCUT2D eigenvalue weighted by Crippen LogP contribution is 2.14. The first-order valence-electron chi connectivity index (χ1n) is 8.52. The summed E-state index contributed by atoms with van der Waals surface area (Å²) in [5, 5.41) is 14.5. The van der Waals surface area contributed by atoms with E-state index in [1.807, 2.05) is 0 Å². The lowest BCUT2D eigenvalue weighted by Crippen LogP contribution is -2.26. The van der Waals surface area contributed by atoms with Crippen LogP contribution in [0.3, 0.4) is 0 Å². The van der Waals surface area contributed by atoms with Crippen LogP contribution in [0.15, 0.2) is 41.3 Å². The van der Waals surface area contributed by atoms with Gasteiger partial charge in [0.2, 0.25) is 5.91 Å². The number of aromatic nitrogens is 3. The van der Waals surface area contributed by atoms with Gasteiger partial charge >= 0.3 is 5.97 Å². The number of H-pyrrole nitrogens is 1. The Morgan fingerprint density at radius 2 is 1.96 bits per heavy atom. The SMILES string of the molecule is Cc1nc2cc[nH]n2c(=O)c1CC(=O)Nc1ccc(CC(C)C(=O)O)cc1. The molecular formula is C19H20N4O4. The third-order valence-electron chi connectivity index (χ3n) is 4.38. The maximum atomic E-state index is 12.5. The fourth-order valence-corrected chi connectivity index (χ4v) is 2.84. The molecule has 27 heavy (non-hydrogen) atoms. The number of carboxylic acid groups (broad SMARTS) is 1. The summed E-state index contributed by atoms with van der Waals surface area (Å²) in [6.07, 6.45) is 1.94. The maximum Gasteiger partial charge on any atom is 0.306 e. The molecule has 3 aromatic rings. The number of hydrogen-bond acceptors (Lipinski definition) is 4. The minimum absolute atomic E-state index is 0.0859. The van der Waals surface area contributed by atoms with Crippen molar-refractivity contribution in [3.63, 3.8) is 0 Å². The number of aromatic amines is 1. The summed E-state index contributed by atoms with van der Waals surface area (Å²) < 4.78 is 1.30. The molecule has 2 heterocycles. The third-order valence-corrected chi connectivity index (χ3v) is 4.38. The molecule has 0 aliphatic carbocycles. The van der Waals surface area contributed by atoms with E-state index in [2.05, 4.69) is 15.4 Å². The van der Waals surface area contributed by atoms with Crippen molar-refractivity contribution >= 4 is 23.2 Å². The van der Waals surface area contributed by atoms with Crippen molar-refractivity contribution in [3.05, 3.63) is 63.7 Å². The fraction of sp³-hybridized carbons (Fsp3) is 0.263. The van der Waals surface area contributed by atoms with Gasteiger partial charge in [-0.15, -0.1) is 0 Å². The Hall–Kier alpha value is -3.42. The standard InChI is InChI=1S/C19H20N4O4/c1-11(19(26)27)9-13-3-5-14(6-4-13)22-17(24)10-15-12(2)21-16-7-8-20-23(16)18(15)25/h3-8,11,20H,9-10H2,1-2H3,(H,22,24)(H,26,27). The first kappa shape index (κ1) is 18.4. The Morgan fingerprint density at radius 3 is 2.63 bits per heavy atom. The molecule has 0 fully saturated rings.